The third-order valence-corrected chi connectivity index (χ3v) is 7.03. The zero-order chi connectivity index (χ0) is 25.2. The molecule has 0 aromatic heterocycles. The fourth-order valence-electron chi connectivity index (χ4n) is 5.19. The number of ketones is 2. The van der Waals surface area contributed by atoms with Crippen molar-refractivity contribution in [1.82, 2.24) is 0 Å². The highest BCUT2D eigenvalue weighted by atomic mass is 16.7. The number of anilines is 1. The summed E-state index contributed by atoms with van der Waals surface area (Å²) in [7, 11) is 1.63. The molecule has 2 aliphatic rings. The van der Waals surface area contributed by atoms with E-state index in [1.165, 1.54) is 11.1 Å². The molecule has 3 aromatic carbocycles. The van der Waals surface area contributed by atoms with Gasteiger partial charge in [-0.25, -0.2) is 0 Å². The van der Waals surface area contributed by atoms with Crippen LogP contribution in [0.15, 0.2) is 91.0 Å². The molecular weight excluding hydrogens is 450 g/mol. The van der Waals surface area contributed by atoms with E-state index >= 15 is 0 Å². The maximum absolute atomic E-state index is 12.2. The minimum Gasteiger partial charge on any atom is -0.373 e. The lowest BCUT2D eigenvalue weighted by molar-refractivity contribution is -0.133. The Labute approximate surface area is 213 Å². The van der Waals surface area contributed by atoms with Gasteiger partial charge in [-0.3, -0.25) is 19.9 Å². The Morgan fingerprint density at radius 1 is 0.639 bits per heavy atom. The molecule has 3 aromatic rings. The van der Waals surface area contributed by atoms with Gasteiger partial charge < -0.3 is 4.74 Å². The quantitative estimate of drug-likeness (QED) is 0.405. The van der Waals surface area contributed by atoms with Gasteiger partial charge in [0.25, 0.3) is 0 Å². The number of hydrogen-bond acceptors (Lipinski definition) is 5. The second-order valence-corrected chi connectivity index (χ2v) is 9.41. The number of rotatable bonds is 6. The monoisotopic (exact) mass is 485 g/mol. The van der Waals surface area contributed by atoms with Crippen molar-refractivity contribution in [2.24, 2.45) is 0 Å². The van der Waals surface area contributed by atoms with Crippen molar-refractivity contribution in [2.75, 3.05) is 12.6 Å². The van der Waals surface area contributed by atoms with E-state index in [9.17, 15) is 9.59 Å². The third-order valence-electron chi connectivity index (χ3n) is 7.03. The molecule has 0 radical (unpaired) electrons. The van der Waals surface area contributed by atoms with Gasteiger partial charge in [-0.1, -0.05) is 78.9 Å². The largest absolute Gasteiger partial charge is 0.373 e. The molecule has 5 rings (SSSR count). The van der Waals surface area contributed by atoms with Crippen molar-refractivity contribution in [2.45, 2.75) is 62.6 Å². The number of carbonyl (C=O) groups is 2. The van der Waals surface area contributed by atoms with E-state index in [2.05, 4.69) is 29.7 Å². The number of hydrogen-bond donors (Lipinski definition) is 1. The third kappa shape index (κ3) is 6.68. The number of Topliss-reactive ketones (excluding diaryl/α,β-unsaturated/α-hetero) is 2. The lowest BCUT2D eigenvalue weighted by Gasteiger charge is -2.30. The van der Waals surface area contributed by atoms with Crippen molar-refractivity contribution in [3.63, 3.8) is 0 Å². The normalized spacial score (nSPS) is 23.9. The van der Waals surface area contributed by atoms with Crippen LogP contribution in [0.4, 0.5) is 5.69 Å². The number of benzene rings is 3. The standard InChI is InChI=1S/C18H19NO2.C13H16O2/c20-17-13-7-12-16(14-8-3-1-4-9-14)18(17)21-19-15-10-5-2-6-11-15;1-15-13-11(8-5-9-12(13)14)10-6-3-2-4-7-10/h1-6,8-11,16,18-19H,7,12-13H2;2-4,6-7,11,13H,5,8-9H2,1H3/t16-,18+;11-,13-/m01/s1. The highest BCUT2D eigenvalue weighted by Gasteiger charge is 2.34. The smallest absolute Gasteiger partial charge is 0.164 e. The molecule has 0 bridgehead atoms. The Balaban J connectivity index is 0.000000179. The number of methoxy groups -OCH3 is 1. The Hall–Kier alpha value is -3.28. The van der Waals surface area contributed by atoms with E-state index < -0.39 is 6.10 Å². The minimum absolute atomic E-state index is 0.128. The van der Waals surface area contributed by atoms with Crippen LogP contribution < -0.4 is 5.48 Å². The van der Waals surface area contributed by atoms with Gasteiger partial charge in [-0.2, -0.15) is 0 Å². The highest BCUT2D eigenvalue weighted by molar-refractivity contribution is 5.85. The summed E-state index contributed by atoms with van der Waals surface area (Å²) in [5.41, 5.74) is 6.18. The first kappa shape index (κ1) is 25.8. The van der Waals surface area contributed by atoms with Crippen LogP contribution >= 0.6 is 0 Å². The molecule has 5 heteroatoms. The maximum Gasteiger partial charge on any atom is 0.164 e. The molecule has 0 spiro atoms. The average molecular weight is 486 g/mol. The van der Waals surface area contributed by atoms with Crippen molar-refractivity contribution >= 4 is 17.3 Å². The topological polar surface area (TPSA) is 64.6 Å². The minimum atomic E-state index is -0.415. The van der Waals surface area contributed by atoms with E-state index in [4.69, 9.17) is 9.57 Å². The van der Waals surface area contributed by atoms with Gasteiger partial charge in [0.2, 0.25) is 0 Å². The molecule has 2 fully saturated rings. The van der Waals surface area contributed by atoms with Gasteiger partial charge in [0.05, 0.1) is 5.69 Å². The highest BCUT2D eigenvalue weighted by Crippen LogP contribution is 2.34. The molecule has 4 atom stereocenters. The number of ether oxygens (including phenoxy) is 1. The predicted octanol–water partition coefficient (Wildman–Crippen LogP) is 6.47. The van der Waals surface area contributed by atoms with E-state index in [0.717, 1.165) is 31.4 Å². The fraction of sp³-hybridized carbons (Fsp3) is 0.355. The summed E-state index contributed by atoms with van der Waals surface area (Å²) in [6, 6.07) is 30.0. The summed E-state index contributed by atoms with van der Waals surface area (Å²) in [5.74, 6) is 0.803. The van der Waals surface area contributed by atoms with Crippen LogP contribution in [-0.2, 0) is 19.2 Å². The van der Waals surface area contributed by atoms with Gasteiger partial charge in [-0.05, 0) is 48.9 Å². The van der Waals surface area contributed by atoms with Crippen LogP contribution in [0.3, 0.4) is 0 Å². The van der Waals surface area contributed by atoms with Crippen LogP contribution in [0, 0.1) is 0 Å². The van der Waals surface area contributed by atoms with Gasteiger partial charge >= 0.3 is 0 Å². The number of nitrogens with one attached hydrogen (secondary N) is 1. The Morgan fingerprint density at radius 3 is 1.58 bits per heavy atom. The number of para-hydroxylation sites is 1. The van der Waals surface area contributed by atoms with Gasteiger partial charge in [0.15, 0.2) is 17.7 Å². The molecule has 5 nitrogen and oxygen atoms in total. The van der Waals surface area contributed by atoms with Crippen molar-refractivity contribution in [3.05, 3.63) is 102 Å². The fourth-order valence-corrected chi connectivity index (χ4v) is 5.19. The van der Waals surface area contributed by atoms with Gasteiger partial charge in [0.1, 0.15) is 6.10 Å². The van der Waals surface area contributed by atoms with Crippen LogP contribution in [0.25, 0.3) is 0 Å². The second kappa shape index (κ2) is 13.1. The zero-order valence-corrected chi connectivity index (χ0v) is 20.8. The summed E-state index contributed by atoms with van der Waals surface area (Å²) >= 11 is 0. The lowest BCUT2D eigenvalue weighted by Crippen LogP contribution is -2.36. The first-order chi connectivity index (χ1) is 17.7. The Bertz CT molecular complexity index is 1090. The van der Waals surface area contributed by atoms with Crippen molar-refractivity contribution in [1.29, 1.82) is 0 Å². The first-order valence-corrected chi connectivity index (χ1v) is 12.8. The molecule has 0 unspecified atom stereocenters. The molecular formula is C31H35NO4. The molecule has 1 N–H and O–H groups in total. The molecule has 0 heterocycles. The molecule has 0 amide bonds. The van der Waals surface area contributed by atoms with E-state index in [1.54, 1.807) is 7.11 Å². The van der Waals surface area contributed by atoms with E-state index in [1.807, 2.05) is 66.7 Å². The van der Waals surface area contributed by atoms with E-state index in [-0.39, 0.29) is 29.5 Å². The van der Waals surface area contributed by atoms with Gasteiger partial charge in [-0.15, -0.1) is 0 Å². The molecule has 188 valence electrons. The van der Waals surface area contributed by atoms with Crippen LogP contribution in [0.5, 0.6) is 0 Å². The number of carbonyl (C=O) groups excluding carboxylic acids is 2. The SMILES string of the molecule is CO[C@H]1C(=O)CCC[C@@H]1c1ccccc1.O=C1CCC[C@@H](c2ccccc2)[C@H]1ONc1ccccc1. The van der Waals surface area contributed by atoms with Crippen molar-refractivity contribution in [3.8, 4) is 0 Å². The molecule has 2 aliphatic carbocycles. The van der Waals surface area contributed by atoms with Crippen LogP contribution in [-0.4, -0.2) is 30.9 Å². The zero-order valence-electron chi connectivity index (χ0n) is 20.8. The van der Waals surface area contributed by atoms with Crippen LogP contribution in [0.1, 0.15) is 61.5 Å². The maximum atomic E-state index is 12.2. The predicted molar refractivity (Wildman–Crippen MR) is 142 cm³/mol. The van der Waals surface area contributed by atoms with Crippen molar-refractivity contribution < 1.29 is 19.2 Å². The summed E-state index contributed by atoms with van der Waals surface area (Å²) in [6.45, 7) is 0. The Kier molecular flexibility index (Phi) is 9.42. The van der Waals surface area contributed by atoms with E-state index in [0.29, 0.717) is 12.8 Å². The summed E-state index contributed by atoms with van der Waals surface area (Å²) in [4.78, 5) is 29.7. The van der Waals surface area contributed by atoms with Gasteiger partial charge in [0, 0.05) is 31.8 Å². The molecule has 36 heavy (non-hydrogen) atoms. The first-order valence-electron chi connectivity index (χ1n) is 12.8. The summed E-state index contributed by atoms with van der Waals surface area (Å²) in [6.07, 6.45) is 4.57. The lowest BCUT2D eigenvalue weighted by atomic mass is 9.81. The Morgan fingerprint density at radius 2 is 1.08 bits per heavy atom. The molecule has 0 aliphatic heterocycles. The molecule has 0 saturated heterocycles. The molecule has 2 saturated carbocycles. The summed E-state index contributed by atoms with van der Waals surface area (Å²) in [5, 5.41) is 0. The average Bonchev–Trinajstić information content (AvgIpc) is 2.94. The van der Waals surface area contributed by atoms with Crippen LogP contribution in [0.2, 0.25) is 0 Å². The summed E-state index contributed by atoms with van der Waals surface area (Å²) < 4.78 is 5.32. The second-order valence-electron chi connectivity index (χ2n) is 9.41.